The fourth-order valence-electron chi connectivity index (χ4n) is 9.33. The van der Waals surface area contributed by atoms with Gasteiger partial charge in [0.25, 0.3) is 11.8 Å². The highest BCUT2D eigenvalue weighted by Gasteiger charge is 2.44. The summed E-state index contributed by atoms with van der Waals surface area (Å²) >= 11 is 6.25. The van der Waals surface area contributed by atoms with Crippen molar-refractivity contribution in [1.82, 2.24) is 30.2 Å². The van der Waals surface area contributed by atoms with Gasteiger partial charge >= 0.3 is 5.97 Å². The largest absolute Gasteiger partial charge is 0.480 e. The van der Waals surface area contributed by atoms with Crippen molar-refractivity contribution in [3.63, 3.8) is 0 Å². The monoisotopic (exact) mass is 1080 g/mol. The van der Waals surface area contributed by atoms with Crippen LogP contribution in [0.5, 0.6) is 0 Å². The van der Waals surface area contributed by atoms with Crippen molar-refractivity contribution in [1.29, 1.82) is 0 Å². The molecule has 3 N–H and O–H groups in total. The van der Waals surface area contributed by atoms with Crippen molar-refractivity contribution in [2.24, 2.45) is 23.7 Å². The lowest BCUT2D eigenvalue weighted by atomic mass is 9.89. The van der Waals surface area contributed by atoms with Gasteiger partial charge in [0.05, 0.1) is 36.6 Å². The van der Waals surface area contributed by atoms with Gasteiger partial charge in [-0.15, -0.1) is 0 Å². The van der Waals surface area contributed by atoms with Crippen LogP contribution in [0.4, 0.5) is 0 Å². The zero-order valence-electron chi connectivity index (χ0n) is 41.6. The quantitative estimate of drug-likeness (QED) is 0.0763. The predicted molar refractivity (Wildman–Crippen MR) is 264 cm³/mol. The molecule has 0 spiro atoms. The third kappa shape index (κ3) is 14.9. The zero-order valence-corrected chi connectivity index (χ0v) is 44.8. The third-order valence-electron chi connectivity index (χ3n) is 13.4. The molecule has 0 aliphatic carbocycles. The molecule has 19 heteroatoms. The number of likely N-dealkylation sites (tertiary alicyclic amines) is 1. The molecule has 1 fully saturated rings. The van der Waals surface area contributed by atoms with Crippen LogP contribution >= 0.6 is 31.9 Å². The molecule has 0 aromatic heterocycles. The molecule has 2 aliphatic heterocycles. The number of nitrogens with one attached hydrogen (secondary N) is 2. The summed E-state index contributed by atoms with van der Waals surface area (Å²) in [5, 5.41) is 15.6. The number of hydrogen-bond donors (Lipinski definition) is 3. The zero-order chi connectivity index (χ0) is 51.2. The van der Waals surface area contributed by atoms with Gasteiger partial charge in [-0.1, -0.05) is 91.6 Å². The number of halogens is 2. The topological polar surface area (TPSA) is 212 Å². The Morgan fingerprint density at radius 1 is 0.838 bits per heavy atom. The summed E-state index contributed by atoms with van der Waals surface area (Å²) < 4.78 is 12.3. The number of benzene rings is 1. The van der Waals surface area contributed by atoms with Crippen LogP contribution in [0.3, 0.4) is 0 Å². The van der Waals surface area contributed by atoms with Gasteiger partial charge in [0.2, 0.25) is 29.5 Å². The molecule has 3 rings (SSSR count). The number of likely N-dealkylation sites (N-methyl/N-ethyl adjacent to an activating group) is 2. The van der Waals surface area contributed by atoms with Crippen molar-refractivity contribution in [3.8, 4) is 0 Å². The Labute approximate surface area is 419 Å². The second-order valence-corrected chi connectivity index (χ2v) is 20.4. The van der Waals surface area contributed by atoms with E-state index in [2.05, 4.69) is 42.5 Å². The number of rotatable bonds is 27. The first-order valence-corrected chi connectivity index (χ1v) is 25.3. The van der Waals surface area contributed by atoms with Crippen LogP contribution in [0, 0.1) is 23.7 Å². The molecule has 0 radical (unpaired) electrons. The summed E-state index contributed by atoms with van der Waals surface area (Å²) in [6, 6.07) is 4.93. The Bertz CT molecular complexity index is 1940. The van der Waals surface area contributed by atoms with E-state index in [1.807, 2.05) is 47.6 Å². The van der Waals surface area contributed by atoms with E-state index in [4.69, 9.17) is 9.47 Å². The van der Waals surface area contributed by atoms with E-state index in [-0.39, 0.29) is 70.2 Å². The Morgan fingerprint density at radius 3 is 1.99 bits per heavy atom. The number of hydrogen-bond acceptors (Lipinski definition) is 10. The highest BCUT2D eigenvalue weighted by atomic mass is 79.9. The fraction of sp³-hybridized carbons (Fsp3) is 0.673. The molecule has 2 heterocycles. The Balaban J connectivity index is 1.70. The van der Waals surface area contributed by atoms with Gasteiger partial charge in [0.15, 0.2) is 0 Å². The average molecular weight is 1080 g/mol. The number of carbonyl (C=O) groups excluding carboxylic acids is 7. The summed E-state index contributed by atoms with van der Waals surface area (Å²) in [5.41, 5.74) is 0.761. The van der Waals surface area contributed by atoms with Gasteiger partial charge in [0.1, 0.15) is 27.1 Å². The van der Waals surface area contributed by atoms with E-state index in [1.165, 1.54) is 19.1 Å². The summed E-state index contributed by atoms with van der Waals surface area (Å²) in [6.07, 6.45) is 2.09. The molecule has 9 atom stereocenters. The first kappa shape index (κ1) is 58.1. The summed E-state index contributed by atoms with van der Waals surface area (Å²) in [4.78, 5) is 113. The summed E-state index contributed by atoms with van der Waals surface area (Å²) in [7, 11) is 6.20. The molecule has 7 amide bonds. The maximum Gasteiger partial charge on any atom is 0.326 e. The molecule has 0 bridgehead atoms. The first-order chi connectivity index (χ1) is 32.0. The van der Waals surface area contributed by atoms with Gasteiger partial charge in [0, 0.05) is 54.2 Å². The van der Waals surface area contributed by atoms with Crippen LogP contribution in [0.15, 0.2) is 39.3 Å². The van der Waals surface area contributed by atoms with Gasteiger partial charge in [-0.2, -0.15) is 0 Å². The third-order valence-corrected chi connectivity index (χ3v) is 15.4. The van der Waals surface area contributed by atoms with E-state index in [0.29, 0.717) is 45.1 Å². The number of carboxylic acids is 1. The second-order valence-electron chi connectivity index (χ2n) is 18.8. The minimum absolute atomic E-state index is 0.0862. The van der Waals surface area contributed by atoms with E-state index in [1.54, 1.807) is 55.1 Å². The lowest BCUT2D eigenvalue weighted by Gasteiger charge is -2.41. The number of carboxylic acid groups (broad SMARTS) is 1. The molecule has 2 aliphatic rings. The van der Waals surface area contributed by atoms with Crippen LogP contribution < -0.4 is 10.6 Å². The van der Waals surface area contributed by atoms with Gasteiger partial charge in [-0.05, 0) is 80.9 Å². The number of carbonyl (C=O) groups is 8. The molecular formula is C49H74Br2N6O11. The Kier molecular flexibility index (Phi) is 23.3. The van der Waals surface area contributed by atoms with Gasteiger partial charge in [-0.25, -0.2) is 4.79 Å². The maximum atomic E-state index is 14.6. The number of nitrogens with zero attached hydrogens (tertiary/aromatic N) is 4. The maximum absolute atomic E-state index is 14.6. The van der Waals surface area contributed by atoms with E-state index in [9.17, 15) is 43.5 Å². The van der Waals surface area contributed by atoms with Crippen LogP contribution in [-0.4, -0.2) is 156 Å². The average Bonchev–Trinajstić information content (AvgIpc) is 3.86. The van der Waals surface area contributed by atoms with Crippen LogP contribution in [-0.2, 0) is 54.3 Å². The molecule has 1 aromatic carbocycles. The highest BCUT2D eigenvalue weighted by molar-refractivity contribution is 9.14. The molecule has 1 unspecified atom stereocenters. The molecule has 1 aromatic rings. The molecular weight excluding hydrogens is 1010 g/mol. The number of amides is 7. The second kappa shape index (κ2) is 27.3. The SMILES string of the molecule is CC[C@@H](C)[C@@H]([C@@H](CC(=O)N1CCCC1[C@H](OC)[C@@H](C)C(=O)N[C@@H](Cc1ccccc1)C(=O)O)OC)N(C)C(=O)[C@@H](NC(=O)[C@H](C(C)C)N(C)C(=O)CCCCCN1C(=O)C(Br)=C(Br)C1=O)C(C)C. The molecule has 0 saturated carbocycles. The van der Waals surface area contributed by atoms with Crippen molar-refractivity contribution in [3.05, 3.63) is 44.9 Å². The minimum Gasteiger partial charge on any atom is -0.480 e. The van der Waals surface area contributed by atoms with E-state index in [0.717, 1.165) is 10.5 Å². The fourth-order valence-corrected chi connectivity index (χ4v) is 10.1. The minimum atomic E-state index is -1.16. The molecule has 68 heavy (non-hydrogen) atoms. The van der Waals surface area contributed by atoms with Gasteiger partial charge < -0.3 is 39.9 Å². The van der Waals surface area contributed by atoms with E-state index >= 15 is 0 Å². The van der Waals surface area contributed by atoms with Crippen molar-refractivity contribution in [2.45, 2.75) is 149 Å². The Hall–Kier alpha value is -4.20. The molecule has 380 valence electrons. The van der Waals surface area contributed by atoms with Crippen LogP contribution in [0.1, 0.15) is 105 Å². The smallest absolute Gasteiger partial charge is 0.326 e. The number of aliphatic carboxylic acids is 1. The summed E-state index contributed by atoms with van der Waals surface area (Å²) in [6.45, 7) is 13.6. The van der Waals surface area contributed by atoms with Crippen molar-refractivity contribution in [2.75, 3.05) is 41.4 Å². The van der Waals surface area contributed by atoms with Crippen molar-refractivity contribution >= 4 is 79.2 Å². The highest BCUT2D eigenvalue weighted by Crippen LogP contribution is 2.31. The van der Waals surface area contributed by atoms with Crippen LogP contribution in [0.25, 0.3) is 0 Å². The molecule has 1 saturated heterocycles. The van der Waals surface area contributed by atoms with Gasteiger partial charge in [-0.3, -0.25) is 38.5 Å². The van der Waals surface area contributed by atoms with Crippen molar-refractivity contribution < 1.29 is 52.9 Å². The van der Waals surface area contributed by atoms with E-state index < -0.39 is 77.9 Å². The number of methoxy groups -OCH3 is 2. The summed E-state index contributed by atoms with van der Waals surface area (Å²) in [5.74, 6) is -5.44. The molecule has 17 nitrogen and oxygen atoms in total. The first-order valence-electron chi connectivity index (χ1n) is 23.7. The normalized spacial score (nSPS) is 18.8. The predicted octanol–water partition coefficient (Wildman–Crippen LogP) is 5.27. The number of unbranched alkanes of at least 4 members (excludes halogenated alkanes) is 2. The standard InChI is InChI=1S/C49H74Br2N6O11/c1-12-30(6)42(35(67-10)27-37(59)56-25-19-22-34(56)43(68-11)31(7)44(60)52-33(49(65)66)26-32-20-15-13-16-21-32)55(9)48(64)40(28(2)3)53-45(61)41(29(4)5)54(8)36(58)23-17-14-18-24-57-46(62)38(50)39(51)47(57)63/h13,15-16,20-21,28-31,33-35,40-43H,12,14,17-19,22-27H2,1-11H3,(H,52,60)(H,53,61)(H,65,66)/t30-,31-,33+,34?,35-,40+,41+,42+,43-/m1/s1. The lowest BCUT2D eigenvalue weighted by molar-refractivity contribution is -0.149. The lowest BCUT2D eigenvalue weighted by Crippen LogP contribution is -2.60. The number of imide groups is 1. The Morgan fingerprint density at radius 2 is 1.46 bits per heavy atom. The van der Waals surface area contributed by atoms with Crippen LogP contribution in [0.2, 0.25) is 0 Å². The number of ether oxygens (including phenoxy) is 2.